The van der Waals surface area contributed by atoms with Gasteiger partial charge in [0.1, 0.15) is 0 Å². The van der Waals surface area contributed by atoms with Crippen molar-refractivity contribution in [1.29, 1.82) is 0 Å². The summed E-state index contributed by atoms with van der Waals surface area (Å²) in [6.45, 7) is 0. The van der Waals surface area contributed by atoms with Crippen LogP contribution in [0.2, 0.25) is 0 Å². The van der Waals surface area contributed by atoms with E-state index in [2.05, 4.69) is 5.06 Å². The number of hydroxylamine groups is 2. The van der Waals surface area contributed by atoms with Gasteiger partial charge in [-0.2, -0.15) is 5.06 Å². The molecule has 0 heterocycles. The SMILES string of the molecule is C1CCC(N(OC23CC4CC(CC(C4)C2)C3)C2CCCCC2)CC1. The molecule has 0 radical (unpaired) electrons. The maximum Gasteiger partial charge on any atom is 0.0907 e. The standard InChI is InChI=1S/C22H37NO/c1-3-7-20(8-4-1)23(21-9-5-2-6-10-21)24-22-14-17-11-18(15-22)13-19(12-17)16-22/h17-21H,1-16H2. The van der Waals surface area contributed by atoms with E-state index in [9.17, 15) is 0 Å². The summed E-state index contributed by atoms with van der Waals surface area (Å²) >= 11 is 0. The summed E-state index contributed by atoms with van der Waals surface area (Å²) in [4.78, 5) is 7.16. The number of hydrogen-bond donors (Lipinski definition) is 0. The fourth-order valence-corrected chi connectivity index (χ4v) is 7.48. The van der Waals surface area contributed by atoms with Gasteiger partial charge in [0, 0.05) is 12.1 Å². The molecule has 136 valence electrons. The zero-order valence-electron chi connectivity index (χ0n) is 15.6. The Hall–Kier alpha value is -0.0800. The Morgan fingerprint density at radius 2 is 1.00 bits per heavy atom. The molecule has 2 heteroatoms. The summed E-state index contributed by atoms with van der Waals surface area (Å²) in [5, 5.41) is 2.64. The molecular weight excluding hydrogens is 294 g/mol. The summed E-state index contributed by atoms with van der Waals surface area (Å²) in [6, 6.07) is 1.46. The molecule has 0 amide bonds. The van der Waals surface area contributed by atoms with Crippen molar-refractivity contribution >= 4 is 0 Å². The molecule has 6 fully saturated rings. The van der Waals surface area contributed by atoms with Gasteiger partial charge in [-0.25, -0.2) is 0 Å². The third-order valence-electron chi connectivity index (χ3n) is 8.15. The van der Waals surface area contributed by atoms with Crippen LogP contribution in [0.25, 0.3) is 0 Å². The first-order valence-electron chi connectivity index (χ1n) is 11.3. The lowest BCUT2D eigenvalue weighted by Crippen LogP contribution is -2.57. The van der Waals surface area contributed by atoms with Gasteiger partial charge in [-0.3, -0.25) is 4.84 Å². The Balaban J connectivity index is 1.35. The summed E-state index contributed by atoms with van der Waals surface area (Å²) in [5.41, 5.74) is 0.254. The molecule has 2 nitrogen and oxygen atoms in total. The van der Waals surface area contributed by atoms with Crippen molar-refractivity contribution in [3.63, 3.8) is 0 Å². The lowest BCUT2D eigenvalue weighted by atomic mass is 9.54. The van der Waals surface area contributed by atoms with Crippen LogP contribution in [0.5, 0.6) is 0 Å². The average molecular weight is 332 g/mol. The van der Waals surface area contributed by atoms with E-state index in [-0.39, 0.29) is 5.60 Å². The summed E-state index contributed by atoms with van der Waals surface area (Å²) in [7, 11) is 0. The number of hydrogen-bond acceptors (Lipinski definition) is 2. The lowest BCUT2D eigenvalue weighted by molar-refractivity contribution is -0.325. The van der Waals surface area contributed by atoms with Gasteiger partial charge in [-0.1, -0.05) is 38.5 Å². The van der Waals surface area contributed by atoms with Crippen LogP contribution in [0.3, 0.4) is 0 Å². The third kappa shape index (κ3) is 3.07. The normalized spacial score (nSPS) is 43.6. The highest BCUT2D eigenvalue weighted by atomic mass is 16.7. The molecule has 6 saturated carbocycles. The molecule has 0 unspecified atom stereocenters. The van der Waals surface area contributed by atoms with Gasteiger partial charge in [-0.15, -0.1) is 0 Å². The summed E-state index contributed by atoms with van der Waals surface area (Å²) in [5.74, 6) is 2.99. The molecule has 0 aliphatic heterocycles. The van der Waals surface area contributed by atoms with E-state index < -0.39 is 0 Å². The Kier molecular flexibility index (Phi) is 4.42. The van der Waals surface area contributed by atoms with Crippen LogP contribution in [0.4, 0.5) is 0 Å². The molecule has 4 bridgehead atoms. The van der Waals surface area contributed by atoms with Crippen LogP contribution in [0, 0.1) is 17.8 Å². The van der Waals surface area contributed by atoms with E-state index >= 15 is 0 Å². The molecule has 0 saturated heterocycles. The number of rotatable bonds is 4. The van der Waals surface area contributed by atoms with Gasteiger partial charge in [0.25, 0.3) is 0 Å². The van der Waals surface area contributed by atoms with Crippen molar-refractivity contribution in [2.45, 2.75) is 120 Å². The Morgan fingerprint density at radius 1 is 0.583 bits per heavy atom. The van der Waals surface area contributed by atoms with Gasteiger partial charge in [0.15, 0.2) is 0 Å². The van der Waals surface area contributed by atoms with E-state index in [4.69, 9.17) is 4.84 Å². The highest BCUT2D eigenvalue weighted by molar-refractivity contribution is 5.03. The number of nitrogens with zero attached hydrogens (tertiary/aromatic N) is 1. The first-order chi connectivity index (χ1) is 11.8. The first-order valence-corrected chi connectivity index (χ1v) is 11.3. The van der Waals surface area contributed by atoms with Crippen LogP contribution in [0.15, 0.2) is 0 Å². The fraction of sp³-hybridized carbons (Fsp3) is 1.00. The average Bonchev–Trinajstić information content (AvgIpc) is 2.60. The minimum absolute atomic E-state index is 0.254. The minimum atomic E-state index is 0.254. The van der Waals surface area contributed by atoms with Crippen LogP contribution in [0.1, 0.15) is 103 Å². The minimum Gasteiger partial charge on any atom is -0.292 e. The molecule has 0 spiro atoms. The monoisotopic (exact) mass is 331 g/mol. The predicted molar refractivity (Wildman–Crippen MR) is 97.6 cm³/mol. The van der Waals surface area contributed by atoms with Gasteiger partial charge >= 0.3 is 0 Å². The first kappa shape index (κ1) is 16.1. The molecule has 6 aliphatic rings. The molecule has 6 rings (SSSR count). The van der Waals surface area contributed by atoms with Crippen molar-refractivity contribution in [3.8, 4) is 0 Å². The van der Waals surface area contributed by atoms with E-state index in [0.29, 0.717) is 0 Å². The van der Waals surface area contributed by atoms with Crippen LogP contribution >= 0.6 is 0 Å². The maximum atomic E-state index is 7.16. The van der Waals surface area contributed by atoms with Gasteiger partial charge in [0.05, 0.1) is 5.60 Å². The van der Waals surface area contributed by atoms with Crippen LogP contribution in [-0.2, 0) is 4.84 Å². The smallest absolute Gasteiger partial charge is 0.0907 e. The van der Waals surface area contributed by atoms with Crippen molar-refractivity contribution in [2.75, 3.05) is 0 Å². The zero-order chi connectivity index (χ0) is 16.0. The zero-order valence-corrected chi connectivity index (χ0v) is 15.6. The molecule has 0 atom stereocenters. The topological polar surface area (TPSA) is 12.5 Å². The third-order valence-corrected chi connectivity index (χ3v) is 8.15. The molecular formula is C22H37NO. The van der Waals surface area contributed by atoms with E-state index in [1.54, 1.807) is 0 Å². The molecule has 24 heavy (non-hydrogen) atoms. The molecule has 6 aliphatic carbocycles. The maximum absolute atomic E-state index is 7.16. The van der Waals surface area contributed by atoms with Crippen LogP contribution < -0.4 is 0 Å². The van der Waals surface area contributed by atoms with Gasteiger partial charge in [0.2, 0.25) is 0 Å². The second kappa shape index (κ2) is 6.58. The predicted octanol–water partition coefficient (Wildman–Crippen LogP) is 5.85. The van der Waals surface area contributed by atoms with Gasteiger partial charge in [-0.05, 0) is 82.0 Å². The largest absolute Gasteiger partial charge is 0.292 e. The molecule has 0 N–H and O–H groups in total. The second-order valence-corrected chi connectivity index (χ2v) is 10.1. The Bertz CT molecular complexity index is 382. The highest BCUT2D eigenvalue weighted by Gasteiger charge is 2.53. The molecule has 0 aromatic heterocycles. The molecule has 0 aromatic rings. The van der Waals surface area contributed by atoms with Crippen molar-refractivity contribution in [1.82, 2.24) is 5.06 Å². The fourth-order valence-electron chi connectivity index (χ4n) is 7.48. The second-order valence-electron chi connectivity index (χ2n) is 10.1. The van der Waals surface area contributed by atoms with Gasteiger partial charge < -0.3 is 0 Å². The van der Waals surface area contributed by atoms with Crippen molar-refractivity contribution < 1.29 is 4.84 Å². The van der Waals surface area contributed by atoms with E-state index in [1.807, 2.05) is 0 Å². The van der Waals surface area contributed by atoms with Crippen molar-refractivity contribution in [3.05, 3.63) is 0 Å². The Labute approximate surface area is 148 Å². The van der Waals surface area contributed by atoms with E-state index in [1.165, 1.54) is 103 Å². The van der Waals surface area contributed by atoms with Crippen molar-refractivity contribution in [2.24, 2.45) is 17.8 Å². The highest BCUT2D eigenvalue weighted by Crippen LogP contribution is 2.57. The van der Waals surface area contributed by atoms with E-state index in [0.717, 1.165) is 29.8 Å². The Morgan fingerprint density at radius 3 is 1.42 bits per heavy atom. The molecule has 0 aromatic carbocycles. The summed E-state index contributed by atoms with van der Waals surface area (Å²) < 4.78 is 0. The quantitative estimate of drug-likeness (QED) is 0.599. The summed E-state index contributed by atoms with van der Waals surface area (Å²) in [6.07, 6.45) is 22.9. The lowest BCUT2D eigenvalue weighted by Gasteiger charge is -2.58. The van der Waals surface area contributed by atoms with Crippen LogP contribution in [-0.4, -0.2) is 22.7 Å².